The van der Waals surface area contributed by atoms with Gasteiger partial charge in [0.05, 0.1) is 21.9 Å². The number of amides is 1. The van der Waals surface area contributed by atoms with Crippen LogP contribution in [0.15, 0.2) is 40.6 Å². The van der Waals surface area contributed by atoms with E-state index in [-0.39, 0.29) is 35.7 Å². The van der Waals surface area contributed by atoms with Gasteiger partial charge in [-0.25, -0.2) is 4.98 Å². The zero-order valence-electron chi connectivity index (χ0n) is 18.4. The molecule has 1 fully saturated rings. The number of thiazole rings is 2. The summed E-state index contributed by atoms with van der Waals surface area (Å²) in [4.78, 5) is 28.6. The van der Waals surface area contributed by atoms with E-state index in [2.05, 4.69) is 10.3 Å². The number of ether oxygens (including phenoxy) is 2. The van der Waals surface area contributed by atoms with Crippen LogP contribution >= 0.6 is 34.3 Å². The van der Waals surface area contributed by atoms with Crippen LogP contribution in [0.2, 0.25) is 5.02 Å². The van der Waals surface area contributed by atoms with Gasteiger partial charge in [0.1, 0.15) is 11.5 Å². The number of rotatable bonds is 11. The Morgan fingerprint density at radius 3 is 2.97 bits per heavy atom. The normalized spacial score (nSPS) is 14.3. The number of halogens is 1. The fourth-order valence-electron chi connectivity index (χ4n) is 3.00. The number of aromatic hydroxyl groups is 1. The minimum Gasteiger partial charge on any atom is -0.494 e. The molecule has 180 valence electrons. The summed E-state index contributed by atoms with van der Waals surface area (Å²) >= 11 is 8.57. The second-order valence-electron chi connectivity index (χ2n) is 7.95. The molecule has 2 heterocycles. The van der Waals surface area contributed by atoms with Gasteiger partial charge in [0.15, 0.2) is 0 Å². The first-order valence-electron chi connectivity index (χ1n) is 10.8. The Morgan fingerprint density at radius 2 is 2.26 bits per heavy atom. The number of hydrogen-bond donors (Lipinski definition) is 2. The SMILES string of the molecule is C[C@@H](C=Cc1cnc(Oc2ccc(OCC3CC3)cc2Cl)s1)NC(=O)CCn1c(O)csc1=O. The van der Waals surface area contributed by atoms with Crippen molar-refractivity contribution in [1.29, 1.82) is 0 Å². The highest BCUT2D eigenvalue weighted by molar-refractivity contribution is 7.14. The highest BCUT2D eigenvalue weighted by Gasteiger charge is 2.22. The van der Waals surface area contributed by atoms with Crippen molar-refractivity contribution in [2.45, 2.75) is 38.8 Å². The maximum atomic E-state index is 12.1. The van der Waals surface area contributed by atoms with E-state index < -0.39 is 0 Å². The molecule has 8 nitrogen and oxygen atoms in total. The van der Waals surface area contributed by atoms with E-state index in [0.717, 1.165) is 28.6 Å². The van der Waals surface area contributed by atoms with Gasteiger partial charge < -0.3 is 19.9 Å². The van der Waals surface area contributed by atoms with Crippen molar-refractivity contribution in [2.24, 2.45) is 5.92 Å². The summed E-state index contributed by atoms with van der Waals surface area (Å²) in [5, 5.41) is 14.7. The second kappa shape index (κ2) is 11.1. The summed E-state index contributed by atoms with van der Waals surface area (Å²) in [6.07, 6.45) is 7.90. The van der Waals surface area contributed by atoms with Gasteiger partial charge in [0.25, 0.3) is 5.19 Å². The van der Waals surface area contributed by atoms with Gasteiger partial charge in [0.2, 0.25) is 11.8 Å². The molecule has 0 aliphatic heterocycles. The largest absolute Gasteiger partial charge is 0.494 e. The summed E-state index contributed by atoms with van der Waals surface area (Å²) in [7, 11) is 0. The summed E-state index contributed by atoms with van der Waals surface area (Å²) in [6.45, 7) is 2.69. The molecule has 34 heavy (non-hydrogen) atoms. The molecule has 1 aliphatic carbocycles. The van der Waals surface area contributed by atoms with E-state index in [1.165, 1.54) is 34.1 Å². The second-order valence-corrected chi connectivity index (χ2v) is 10.2. The Hall–Kier alpha value is -2.82. The molecule has 2 N–H and O–H groups in total. The molecule has 4 rings (SSSR count). The molecular formula is C23H24ClN3O5S2. The van der Waals surface area contributed by atoms with Gasteiger partial charge in [-0.1, -0.05) is 40.4 Å². The number of hydrogen-bond acceptors (Lipinski definition) is 8. The first-order valence-corrected chi connectivity index (χ1v) is 12.9. The van der Waals surface area contributed by atoms with Gasteiger partial charge in [-0.15, -0.1) is 0 Å². The lowest BCUT2D eigenvalue weighted by atomic mass is 10.2. The van der Waals surface area contributed by atoms with Crippen LogP contribution in [0, 0.1) is 5.92 Å². The zero-order valence-corrected chi connectivity index (χ0v) is 20.8. The first kappa shape index (κ1) is 24.3. The van der Waals surface area contributed by atoms with E-state index in [1.807, 2.05) is 25.1 Å². The predicted molar refractivity (Wildman–Crippen MR) is 133 cm³/mol. The number of carbonyl (C=O) groups is 1. The Balaban J connectivity index is 1.25. The van der Waals surface area contributed by atoms with Crippen molar-refractivity contribution in [1.82, 2.24) is 14.9 Å². The molecule has 0 saturated heterocycles. The molecule has 0 bridgehead atoms. The van der Waals surface area contributed by atoms with Crippen molar-refractivity contribution in [2.75, 3.05) is 6.61 Å². The van der Waals surface area contributed by atoms with Crippen LogP contribution in [-0.4, -0.2) is 33.2 Å². The van der Waals surface area contributed by atoms with Crippen LogP contribution in [0.5, 0.6) is 22.6 Å². The molecular weight excluding hydrogens is 498 g/mol. The summed E-state index contributed by atoms with van der Waals surface area (Å²) in [6, 6.07) is 5.11. The molecule has 0 spiro atoms. The van der Waals surface area contributed by atoms with E-state index in [9.17, 15) is 14.7 Å². The van der Waals surface area contributed by atoms with Crippen LogP contribution in [-0.2, 0) is 11.3 Å². The van der Waals surface area contributed by atoms with E-state index in [4.69, 9.17) is 21.1 Å². The number of nitrogens with one attached hydrogen (secondary N) is 1. The quantitative estimate of drug-likeness (QED) is 0.371. The van der Waals surface area contributed by atoms with Crippen molar-refractivity contribution in [3.8, 4) is 22.6 Å². The van der Waals surface area contributed by atoms with Crippen molar-refractivity contribution < 1.29 is 19.4 Å². The number of aromatic nitrogens is 2. The molecule has 11 heteroatoms. The summed E-state index contributed by atoms with van der Waals surface area (Å²) in [5.74, 6) is 1.54. The van der Waals surface area contributed by atoms with Crippen LogP contribution in [0.4, 0.5) is 0 Å². The van der Waals surface area contributed by atoms with Crippen molar-refractivity contribution >= 4 is 46.3 Å². The molecule has 2 aromatic heterocycles. The Bertz CT molecular complexity index is 1230. The fourth-order valence-corrected chi connectivity index (χ4v) is 4.54. The molecule has 1 atom stereocenters. The van der Waals surface area contributed by atoms with Gasteiger partial charge in [-0.05, 0) is 43.9 Å². The highest BCUT2D eigenvalue weighted by atomic mass is 35.5. The summed E-state index contributed by atoms with van der Waals surface area (Å²) < 4.78 is 12.7. The minimum absolute atomic E-state index is 0.0894. The predicted octanol–water partition coefficient (Wildman–Crippen LogP) is 4.91. The molecule has 1 aliphatic rings. The highest BCUT2D eigenvalue weighted by Crippen LogP contribution is 2.35. The molecule has 3 aromatic rings. The molecule has 1 saturated carbocycles. The van der Waals surface area contributed by atoms with Crippen LogP contribution in [0.3, 0.4) is 0 Å². The topological polar surface area (TPSA) is 103 Å². The standard InChI is InChI=1S/C23H24ClN3O5S2/c1-14(26-20(28)8-9-27-21(29)13-33-23(27)30)2-6-17-11-25-22(34-17)32-19-7-5-16(10-18(19)24)31-12-15-3-4-15/h2,5-7,10-11,13-15,29H,3-4,8-9,12H2,1H3,(H,26,28)/t14-/m0/s1. The number of benzene rings is 1. The molecule has 1 aromatic carbocycles. The van der Waals surface area contributed by atoms with Gasteiger partial charge in [-0.3, -0.25) is 14.2 Å². The molecule has 1 amide bonds. The van der Waals surface area contributed by atoms with Crippen LogP contribution < -0.4 is 19.7 Å². The lowest BCUT2D eigenvalue weighted by Gasteiger charge is -2.10. The Kier molecular flexibility index (Phi) is 7.91. The smallest absolute Gasteiger partial charge is 0.309 e. The average molecular weight is 522 g/mol. The van der Waals surface area contributed by atoms with E-state index in [1.54, 1.807) is 18.3 Å². The molecule has 0 unspecified atom stereocenters. The minimum atomic E-state index is -0.291. The maximum Gasteiger partial charge on any atom is 0.309 e. The van der Waals surface area contributed by atoms with Crippen LogP contribution in [0.25, 0.3) is 6.08 Å². The average Bonchev–Trinajstić information content (AvgIpc) is 3.44. The van der Waals surface area contributed by atoms with E-state index in [0.29, 0.717) is 21.9 Å². The van der Waals surface area contributed by atoms with Gasteiger partial charge in [0, 0.05) is 31.3 Å². The van der Waals surface area contributed by atoms with Gasteiger partial charge >= 0.3 is 4.87 Å². The monoisotopic (exact) mass is 521 g/mol. The van der Waals surface area contributed by atoms with Crippen molar-refractivity contribution in [3.05, 3.63) is 55.4 Å². The molecule has 0 radical (unpaired) electrons. The van der Waals surface area contributed by atoms with Crippen LogP contribution in [0.1, 0.15) is 31.1 Å². The Labute approximate surface area is 209 Å². The zero-order chi connectivity index (χ0) is 24.1. The fraction of sp³-hybridized carbons (Fsp3) is 0.348. The number of nitrogens with zero attached hydrogens (tertiary/aromatic N) is 2. The van der Waals surface area contributed by atoms with Crippen molar-refractivity contribution in [3.63, 3.8) is 0 Å². The maximum absolute atomic E-state index is 12.1. The van der Waals surface area contributed by atoms with E-state index >= 15 is 0 Å². The first-order chi connectivity index (χ1) is 16.4. The lowest BCUT2D eigenvalue weighted by Crippen LogP contribution is -2.32. The third-order valence-corrected chi connectivity index (χ3v) is 6.93. The number of carbonyl (C=O) groups excluding carboxylic acids is 1. The third-order valence-electron chi connectivity index (χ3n) is 5.05. The third kappa shape index (κ3) is 6.85. The lowest BCUT2D eigenvalue weighted by molar-refractivity contribution is -0.121. The van der Waals surface area contributed by atoms with Gasteiger partial charge in [-0.2, -0.15) is 0 Å². The summed E-state index contributed by atoms with van der Waals surface area (Å²) in [5.41, 5.74) is 0. The Morgan fingerprint density at radius 1 is 1.44 bits per heavy atom.